The van der Waals surface area contributed by atoms with Crippen LogP contribution in [-0.2, 0) is 14.3 Å². The van der Waals surface area contributed by atoms with Crippen molar-refractivity contribution in [2.75, 3.05) is 57.8 Å². The molecule has 2 aliphatic heterocycles. The van der Waals surface area contributed by atoms with Gasteiger partial charge < -0.3 is 34.5 Å². The summed E-state index contributed by atoms with van der Waals surface area (Å²) in [7, 11) is 4.80. The molecule has 218 valence electrons. The molecule has 2 N–H and O–H groups in total. The number of hydrogen-bond acceptors (Lipinski definition) is 9. The summed E-state index contributed by atoms with van der Waals surface area (Å²) in [4.78, 5) is 23.9. The van der Waals surface area contributed by atoms with Gasteiger partial charge >= 0.3 is 0 Å². The van der Waals surface area contributed by atoms with Crippen LogP contribution in [0.25, 0.3) is 22.0 Å². The number of carbonyl (C=O) groups excluding carboxylic acids is 1. The highest BCUT2D eigenvalue weighted by Crippen LogP contribution is 2.47. The first-order valence-electron chi connectivity index (χ1n) is 13.2. The van der Waals surface area contributed by atoms with Gasteiger partial charge in [0.05, 0.1) is 60.9 Å². The van der Waals surface area contributed by atoms with Crippen LogP contribution >= 0.6 is 23.2 Å². The van der Waals surface area contributed by atoms with Crippen LogP contribution in [0.2, 0.25) is 10.0 Å². The number of halogens is 2. The second-order valence-electron chi connectivity index (χ2n) is 10.3. The van der Waals surface area contributed by atoms with Crippen molar-refractivity contribution in [3.05, 3.63) is 47.1 Å². The maximum Gasteiger partial charge on any atom is 0.243 e. The molecule has 4 heterocycles. The van der Waals surface area contributed by atoms with Gasteiger partial charge in [-0.05, 0) is 31.6 Å². The first-order chi connectivity index (χ1) is 19.7. The Morgan fingerprint density at radius 1 is 1.15 bits per heavy atom. The Kier molecular flexibility index (Phi) is 8.47. The van der Waals surface area contributed by atoms with Gasteiger partial charge in [-0.15, -0.1) is 0 Å². The Morgan fingerprint density at radius 2 is 1.85 bits per heavy atom. The smallest absolute Gasteiger partial charge is 0.243 e. The molecule has 2 aromatic heterocycles. The Labute approximate surface area is 248 Å². The second-order valence-corrected chi connectivity index (χ2v) is 11.1. The number of nitrogens with zero attached hydrogens (tertiary/aromatic N) is 3. The van der Waals surface area contributed by atoms with Gasteiger partial charge in [0.25, 0.3) is 0 Å². The molecule has 41 heavy (non-hydrogen) atoms. The Morgan fingerprint density at radius 3 is 2.49 bits per heavy atom. The standard InChI is InChI=1S/C29H33Cl2N5O5/c1-6-24(37)34-20-14-41-13-19(20)33-23-10-17-16(12-32-23)9-18(35-28(17)36-8-7-29(2,15-36)40-5)25-26(30)21(38-3)11-22(39-4)27(25)31/h6,9-12,19-20H,1,7-8,13-15H2,2-5H3,(H,32,33)(H,34,37)/t19-,20+,29?/m1/s1. The lowest BCUT2D eigenvalue weighted by atomic mass is 10.1. The number of pyridine rings is 2. The fraction of sp³-hybridized carbons (Fsp3) is 0.414. The molecule has 2 aliphatic rings. The minimum Gasteiger partial charge on any atom is -0.495 e. The van der Waals surface area contributed by atoms with Gasteiger partial charge in [-0.2, -0.15) is 0 Å². The van der Waals surface area contributed by atoms with E-state index in [1.165, 1.54) is 20.3 Å². The topological polar surface area (TPSA) is 107 Å². The molecular formula is C29H33Cl2N5O5. The van der Waals surface area contributed by atoms with Gasteiger partial charge in [-0.1, -0.05) is 29.8 Å². The molecule has 2 fully saturated rings. The first kappa shape index (κ1) is 29.2. The van der Waals surface area contributed by atoms with Crippen molar-refractivity contribution in [3.63, 3.8) is 0 Å². The number of anilines is 2. The van der Waals surface area contributed by atoms with Gasteiger partial charge in [0.1, 0.15) is 23.1 Å². The van der Waals surface area contributed by atoms with E-state index in [1.54, 1.807) is 19.4 Å². The number of fused-ring (bicyclic) bond motifs is 1. The fourth-order valence-corrected chi connectivity index (χ4v) is 5.93. The minimum atomic E-state index is -0.315. The molecule has 0 radical (unpaired) electrons. The molecule has 1 unspecified atom stereocenters. The number of rotatable bonds is 9. The Bertz CT molecular complexity index is 1460. The van der Waals surface area contributed by atoms with Crippen LogP contribution in [0.1, 0.15) is 13.3 Å². The molecule has 0 saturated carbocycles. The number of methoxy groups -OCH3 is 3. The molecule has 1 aromatic carbocycles. The summed E-state index contributed by atoms with van der Waals surface area (Å²) >= 11 is 13.6. The van der Waals surface area contributed by atoms with E-state index < -0.39 is 0 Å². The monoisotopic (exact) mass is 601 g/mol. The van der Waals surface area contributed by atoms with Crippen molar-refractivity contribution < 1.29 is 23.7 Å². The molecule has 12 heteroatoms. The first-order valence-corrected chi connectivity index (χ1v) is 13.9. The predicted molar refractivity (Wildman–Crippen MR) is 161 cm³/mol. The van der Waals surface area contributed by atoms with Crippen molar-refractivity contribution in [1.29, 1.82) is 0 Å². The minimum absolute atomic E-state index is 0.162. The zero-order chi connectivity index (χ0) is 29.3. The summed E-state index contributed by atoms with van der Waals surface area (Å²) in [5, 5.41) is 8.73. The van der Waals surface area contributed by atoms with E-state index in [-0.39, 0.29) is 23.6 Å². The van der Waals surface area contributed by atoms with Gasteiger partial charge in [0.15, 0.2) is 0 Å². The van der Waals surface area contributed by atoms with Crippen LogP contribution in [-0.4, -0.2) is 81.2 Å². The molecule has 3 atom stereocenters. The van der Waals surface area contributed by atoms with Crippen molar-refractivity contribution in [3.8, 4) is 22.8 Å². The van der Waals surface area contributed by atoms with E-state index in [1.807, 2.05) is 12.1 Å². The van der Waals surface area contributed by atoms with Crippen molar-refractivity contribution in [1.82, 2.24) is 15.3 Å². The number of amides is 1. The third kappa shape index (κ3) is 5.74. The summed E-state index contributed by atoms with van der Waals surface area (Å²) < 4.78 is 22.4. The normalized spacial score (nSPS) is 22.1. The SMILES string of the molecule is C=CC(=O)N[C@H]1COC[C@H]1Nc1cc2c(N3CCC(C)(OC)C3)nc(-c3c(Cl)c(OC)cc(OC)c3Cl)cc2cn1. The molecule has 5 rings (SSSR count). The number of aromatic nitrogens is 2. The third-order valence-electron chi connectivity index (χ3n) is 7.68. The van der Waals surface area contributed by atoms with Gasteiger partial charge in [-0.3, -0.25) is 4.79 Å². The third-order valence-corrected chi connectivity index (χ3v) is 8.43. The summed E-state index contributed by atoms with van der Waals surface area (Å²) in [6.45, 7) is 7.84. The highest BCUT2D eigenvalue weighted by atomic mass is 35.5. The number of ether oxygens (including phenoxy) is 4. The van der Waals surface area contributed by atoms with Crippen LogP contribution in [0.15, 0.2) is 37.1 Å². The Balaban J connectivity index is 1.61. The highest BCUT2D eigenvalue weighted by molar-refractivity contribution is 6.41. The average Bonchev–Trinajstić information content (AvgIpc) is 3.59. The van der Waals surface area contributed by atoms with E-state index in [0.717, 1.165) is 29.6 Å². The molecule has 1 amide bonds. The zero-order valence-electron chi connectivity index (χ0n) is 23.4. The lowest BCUT2D eigenvalue weighted by Crippen LogP contribution is -2.45. The highest BCUT2D eigenvalue weighted by Gasteiger charge is 2.36. The predicted octanol–water partition coefficient (Wildman–Crippen LogP) is 4.72. The van der Waals surface area contributed by atoms with Crippen LogP contribution in [0, 0.1) is 0 Å². The van der Waals surface area contributed by atoms with E-state index >= 15 is 0 Å². The summed E-state index contributed by atoms with van der Waals surface area (Å²) in [5.41, 5.74) is 0.752. The maximum atomic E-state index is 11.9. The fourth-order valence-electron chi connectivity index (χ4n) is 5.24. The van der Waals surface area contributed by atoms with Crippen molar-refractivity contribution >= 4 is 51.5 Å². The van der Waals surface area contributed by atoms with E-state index in [2.05, 4.69) is 34.0 Å². The molecular weight excluding hydrogens is 569 g/mol. The average molecular weight is 603 g/mol. The summed E-state index contributed by atoms with van der Waals surface area (Å²) in [6.07, 6.45) is 3.87. The molecule has 0 aliphatic carbocycles. The quantitative estimate of drug-likeness (QED) is 0.337. The number of benzene rings is 1. The summed E-state index contributed by atoms with van der Waals surface area (Å²) in [6, 6.07) is 5.14. The lowest BCUT2D eigenvalue weighted by Gasteiger charge is -2.25. The van der Waals surface area contributed by atoms with Crippen LogP contribution in [0.5, 0.6) is 11.5 Å². The maximum absolute atomic E-state index is 11.9. The molecule has 0 bridgehead atoms. The van der Waals surface area contributed by atoms with Gasteiger partial charge in [0, 0.05) is 48.8 Å². The van der Waals surface area contributed by atoms with E-state index in [4.69, 9.17) is 47.1 Å². The largest absolute Gasteiger partial charge is 0.495 e. The summed E-state index contributed by atoms with van der Waals surface area (Å²) in [5.74, 6) is 1.98. The van der Waals surface area contributed by atoms with Crippen LogP contribution in [0.4, 0.5) is 11.6 Å². The molecule has 0 spiro atoms. The van der Waals surface area contributed by atoms with E-state index in [0.29, 0.717) is 58.4 Å². The Hall–Kier alpha value is -3.31. The van der Waals surface area contributed by atoms with Crippen molar-refractivity contribution in [2.45, 2.75) is 31.0 Å². The van der Waals surface area contributed by atoms with Crippen LogP contribution in [0.3, 0.4) is 0 Å². The van der Waals surface area contributed by atoms with Crippen LogP contribution < -0.4 is 25.0 Å². The van der Waals surface area contributed by atoms with E-state index in [9.17, 15) is 4.79 Å². The number of hydrogen-bond donors (Lipinski definition) is 2. The molecule has 3 aromatic rings. The second kappa shape index (κ2) is 11.9. The number of nitrogens with one attached hydrogen (secondary N) is 2. The number of carbonyl (C=O) groups is 1. The molecule has 2 saturated heterocycles. The molecule has 10 nitrogen and oxygen atoms in total. The van der Waals surface area contributed by atoms with Gasteiger partial charge in [-0.25, -0.2) is 9.97 Å². The zero-order valence-corrected chi connectivity index (χ0v) is 24.9. The lowest BCUT2D eigenvalue weighted by molar-refractivity contribution is -0.117. The van der Waals surface area contributed by atoms with Crippen molar-refractivity contribution in [2.24, 2.45) is 0 Å². The van der Waals surface area contributed by atoms with Gasteiger partial charge in [0.2, 0.25) is 5.91 Å².